The minimum atomic E-state index is -4.38. The van der Waals surface area contributed by atoms with E-state index in [2.05, 4.69) is 12.2 Å². The van der Waals surface area contributed by atoms with E-state index in [1.807, 2.05) is 0 Å². The highest BCUT2D eigenvalue weighted by Gasteiger charge is 2.35. The minimum absolute atomic E-state index is 0.0309. The maximum atomic E-state index is 13.0. The second-order valence-corrected chi connectivity index (χ2v) is 5.85. The standard InChI is InChI=1S/C15H19ClF3N/c1-2-10-5-3-6-11(9-10)20-14-12(15(17,18)19)7-4-8-13(14)16/h4,7-8,10-11,20H,2-3,5-6,9H2,1H3. The summed E-state index contributed by atoms with van der Waals surface area (Å²) in [5.41, 5.74) is -0.646. The molecule has 20 heavy (non-hydrogen) atoms. The van der Waals surface area contributed by atoms with Gasteiger partial charge in [-0.3, -0.25) is 0 Å². The molecular formula is C15H19ClF3N. The molecule has 1 nitrogen and oxygen atoms in total. The molecule has 0 saturated heterocycles. The maximum Gasteiger partial charge on any atom is 0.418 e. The molecule has 1 fully saturated rings. The van der Waals surface area contributed by atoms with Crippen LogP contribution in [-0.2, 0) is 6.18 Å². The van der Waals surface area contributed by atoms with Gasteiger partial charge in [-0.2, -0.15) is 13.2 Å². The van der Waals surface area contributed by atoms with E-state index in [0.717, 1.165) is 31.7 Å². The molecule has 2 rings (SSSR count). The van der Waals surface area contributed by atoms with E-state index in [1.165, 1.54) is 18.6 Å². The number of benzene rings is 1. The second-order valence-electron chi connectivity index (χ2n) is 5.44. The highest BCUT2D eigenvalue weighted by atomic mass is 35.5. The molecule has 1 aromatic carbocycles. The Morgan fingerprint density at radius 2 is 2.05 bits per heavy atom. The SMILES string of the molecule is CCC1CCCC(Nc2c(Cl)cccc2C(F)(F)F)C1. The summed E-state index contributed by atoms with van der Waals surface area (Å²) in [6, 6.07) is 3.99. The lowest BCUT2D eigenvalue weighted by Crippen LogP contribution is -2.28. The third kappa shape index (κ3) is 3.60. The van der Waals surface area contributed by atoms with Crippen molar-refractivity contribution >= 4 is 17.3 Å². The number of hydrogen-bond acceptors (Lipinski definition) is 1. The van der Waals surface area contributed by atoms with Crippen molar-refractivity contribution in [1.82, 2.24) is 0 Å². The minimum Gasteiger partial charge on any atom is -0.381 e. The van der Waals surface area contributed by atoms with Gasteiger partial charge < -0.3 is 5.32 Å². The first-order chi connectivity index (χ1) is 9.41. The van der Waals surface area contributed by atoms with Gasteiger partial charge in [-0.15, -0.1) is 0 Å². The van der Waals surface area contributed by atoms with Crippen LogP contribution in [0.3, 0.4) is 0 Å². The van der Waals surface area contributed by atoms with Crippen molar-refractivity contribution in [2.24, 2.45) is 5.92 Å². The van der Waals surface area contributed by atoms with E-state index in [9.17, 15) is 13.2 Å². The van der Waals surface area contributed by atoms with Gasteiger partial charge in [0.2, 0.25) is 0 Å². The first-order valence-electron chi connectivity index (χ1n) is 7.04. The summed E-state index contributed by atoms with van der Waals surface area (Å²) >= 11 is 5.96. The lowest BCUT2D eigenvalue weighted by Gasteiger charge is -2.31. The van der Waals surface area contributed by atoms with Crippen molar-refractivity contribution in [2.45, 2.75) is 51.2 Å². The molecule has 0 amide bonds. The molecule has 2 unspecified atom stereocenters. The number of alkyl halides is 3. The molecule has 0 heterocycles. The van der Waals surface area contributed by atoms with Crippen LogP contribution in [-0.4, -0.2) is 6.04 Å². The summed E-state index contributed by atoms with van der Waals surface area (Å²) in [4.78, 5) is 0. The van der Waals surface area contributed by atoms with Gasteiger partial charge in [0.25, 0.3) is 0 Å². The molecule has 0 bridgehead atoms. The number of anilines is 1. The van der Waals surface area contributed by atoms with E-state index < -0.39 is 11.7 Å². The third-order valence-electron chi connectivity index (χ3n) is 4.03. The van der Waals surface area contributed by atoms with Crippen molar-refractivity contribution < 1.29 is 13.2 Å². The largest absolute Gasteiger partial charge is 0.418 e. The molecule has 0 aromatic heterocycles. The number of para-hydroxylation sites is 1. The van der Waals surface area contributed by atoms with Crippen LogP contribution in [0.2, 0.25) is 5.02 Å². The van der Waals surface area contributed by atoms with Crippen LogP contribution in [0.4, 0.5) is 18.9 Å². The molecular weight excluding hydrogens is 287 g/mol. The van der Waals surface area contributed by atoms with Crippen LogP contribution < -0.4 is 5.32 Å². The Morgan fingerprint density at radius 3 is 2.70 bits per heavy atom. The first-order valence-corrected chi connectivity index (χ1v) is 7.41. The number of hydrogen-bond donors (Lipinski definition) is 1. The Balaban J connectivity index is 2.20. The second kappa shape index (κ2) is 6.25. The van der Waals surface area contributed by atoms with E-state index in [1.54, 1.807) is 0 Å². The van der Waals surface area contributed by atoms with E-state index in [4.69, 9.17) is 11.6 Å². The number of halogens is 4. The van der Waals surface area contributed by atoms with E-state index in [0.29, 0.717) is 5.92 Å². The Kier molecular flexibility index (Phi) is 4.84. The fourth-order valence-corrected chi connectivity index (χ4v) is 3.13. The highest BCUT2D eigenvalue weighted by molar-refractivity contribution is 6.33. The summed E-state index contributed by atoms with van der Waals surface area (Å²) in [7, 11) is 0. The predicted octanol–water partition coefficient (Wildman–Crippen LogP) is 5.74. The zero-order chi connectivity index (χ0) is 14.8. The zero-order valence-electron chi connectivity index (χ0n) is 11.4. The molecule has 1 aliphatic carbocycles. The molecule has 1 aliphatic rings. The van der Waals surface area contributed by atoms with Crippen LogP contribution in [0, 0.1) is 5.92 Å². The van der Waals surface area contributed by atoms with Gasteiger partial charge in [0, 0.05) is 6.04 Å². The highest BCUT2D eigenvalue weighted by Crippen LogP contribution is 2.40. The Labute approximate surface area is 122 Å². The Hall–Kier alpha value is -0.900. The van der Waals surface area contributed by atoms with Crippen molar-refractivity contribution in [3.63, 3.8) is 0 Å². The van der Waals surface area contributed by atoms with Gasteiger partial charge in [0.1, 0.15) is 0 Å². The van der Waals surface area contributed by atoms with Crippen molar-refractivity contribution in [2.75, 3.05) is 5.32 Å². The van der Waals surface area contributed by atoms with Crippen molar-refractivity contribution in [3.8, 4) is 0 Å². The molecule has 1 N–H and O–H groups in total. The van der Waals surface area contributed by atoms with Gasteiger partial charge in [-0.1, -0.05) is 43.9 Å². The quantitative estimate of drug-likeness (QED) is 0.751. The number of rotatable bonds is 3. The summed E-state index contributed by atoms with van der Waals surface area (Å²) in [5.74, 6) is 0.595. The fourth-order valence-electron chi connectivity index (χ4n) is 2.90. The Morgan fingerprint density at radius 1 is 1.30 bits per heavy atom. The lowest BCUT2D eigenvalue weighted by atomic mass is 9.84. The molecule has 0 radical (unpaired) electrons. The summed E-state index contributed by atoms with van der Waals surface area (Å²) in [6.45, 7) is 2.13. The topological polar surface area (TPSA) is 12.0 Å². The van der Waals surface area contributed by atoms with Crippen molar-refractivity contribution in [1.29, 1.82) is 0 Å². The van der Waals surface area contributed by atoms with Crippen LogP contribution in [0.5, 0.6) is 0 Å². The molecule has 1 saturated carbocycles. The molecule has 0 aliphatic heterocycles. The predicted molar refractivity (Wildman–Crippen MR) is 76.1 cm³/mol. The Bertz CT molecular complexity index is 459. The van der Waals surface area contributed by atoms with E-state index >= 15 is 0 Å². The third-order valence-corrected chi connectivity index (χ3v) is 4.34. The molecule has 0 spiro atoms. The fraction of sp³-hybridized carbons (Fsp3) is 0.600. The van der Waals surface area contributed by atoms with Crippen molar-refractivity contribution in [3.05, 3.63) is 28.8 Å². The van der Waals surface area contributed by atoms with Gasteiger partial charge in [0.15, 0.2) is 0 Å². The van der Waals surface area contributed by atoms with E-state index in [-0.39, 0.29) is 16.8 Å². The summed E-state index contributed by atoms with van der Waals surface area (Å²) < 4.78 is 39.1. The van der Waals surface area contributed by atoms with Gasteiger partial charge >= 0.3 is 6.18 Å². The van der Waals surface area contributed by atoms with Gasteiger partial charge in [-0.05, 0) is 30.9 Å². The van der Waals surface area contributed by atoms with Crippen LogP contribution in [0.25, 0.3) is 0 Å². The summed E-state index contributed by atoms with van der Waals surface area (Å²) in [6.07, 6.45) is 0.738. The van der Waals surface area contributed by atoms with Gasteiger partial charge in [0.05, 0.1) is 16.3 Å². The normalized spacial score (nSPS) is 23.6. The molecule has 1 aromatic rings. The van der Waals surface area contributed by atoms with Crippen LogP contribution in [0.1, 0.15) is 44.6 Å². The van der Waals surface area contributed by atoms with Gasteiger partial charge in [-0.25, -0.2) is 0 Å². The zero-order valence-corrected chi connectivity index (χ0v) is 12.2. The average molecular weight is 306 g/mol. The maximum absolute atomic E-state index is 13.0. The average Bonchev–Trinajstić information content (AvgIpc) is 2.40. The van der Waals surface area contributed by atoms with Crippen LogP contribution in [0.15, 0.2) is 18.2 Å². The molecule has 5 heteroatoms. The monoisotopic (exact) mass is 305 g/mol. The number of nitrogens with one attached hydrogen (secondary N) is 1. The smallest absolute Gasteiger partial charge is 0.381 e. The summed E-state index contributed by atoms with van der Waals surface area (Å²) in [5, 5.41) is 3.17. The molecule has 112 valence electrons. The van der Waals surface area contributed by atoms with Crippen LogP contribution >= 0.6 is 11.6 Å². The molecule has 2 atom stereocenters. The lowest BCUT2D eigenvalue weighted by molar-refractivity contribution is -0.137. The first kappa shape index (κ1) is 15.5.